The summed E-state index contributed by atoms with van der Waals surface area (Å²) in [4.78, 5) is 28.0. The molecule has 1 heterocycles. The first-order chi connectivity index (χ1) is 11.5. The van der Waals surface area contributed by atoms with E-state index in [1.54, 1.807) is 18.0 Å². The zero-order chi connectivity index (χ0) is 17.5. The molecule has 1 aliphatic rings. The van der Waals surface area contributed by atoms with Crippen molar-refractivity contribution in [3.8, 4) is 0 Å². The second kappa shape index (κ2) is 8.78. The molecule has 1 aromatic carbocycles. The summed E-state index contributed by atoms with van der Waals surface area (Å²) in [6.45, 7) is 4.78. The Hall–Kier alpha value is -1.95. The number of carbonyl (C=O) groups excluding carboxylic acids is 2. The van der Waals surface area contributed by atoms with Crippen molar-refractivity contribution in [2.45, 2.75) is 26.3 Å². The van der Waals surface area contributed by atoms with E-state index in [0.29, 0.717) is 19.6 Å². The number of piperidine rings is 1. The number of nitrogens with zero attached hydrogens (tertiary/aromatic N) is 2. The second-order valence-corrected chi connectivity index (χ2v) is 6.20. The maximum Gasteiger partial charge on any atom is 0.237 e. The highest BCUT2D eigenvalue weighted by Crippen LogP contribution is 2.17. The maximum atomic E-state index is 13.3. The number of likely N-dealkylation sites (tertiary alicyclic amines) is 1. The molecule has 2 amide bonds. The van der Waals surface area contributed by atoms with Crippen molar-refractivity contribution in [3.05, 3.63) is 35.6 Å². The number of hydrogen-bond acceptors (Lipinski definition) is 3. The van der Waals surface area contributed by atoms with Crippen LogP contribution >= 0.6 is 0 Å². The first-order valence-electron chi connectivity index (χ1n) is 8.49. The number of benzene rings is 1. The Morgan fingerprint density at radius 1 is 1.33 bits per heavy atom. The van der Waals surface area contributed by atoms with E-state index in [9.17, 15) is 14.0 Å². The minimum Gasteiger partial charge on any atom is -0.359 e. The summed E-state index contributed by atoms with van der Waals surface area (Å²) in [7, 11) is 1.66. The lowest BCUT2D eigenvalue weighted by Crippen LogP contribution is -2.45. The van der Waals surface area contributed by atoms with Gasteiger partial charge in [0.25, 0.3) is 0 Å². The highest BCUT2D eigenvalue weighted by Gasteiger charge is 2.26. The van der Waals surface area contributed by atoms with E-state index < -0.39 is 0 Å². The van der Waals surface area contributed by atoms with Gasteiger partial charge in [0.15, 0.2) is 0 Å². The van der Waals surface area contributed by atoms with Crippen molar-refractivity contribution in [2.24, 2.45) is 5.92 Å². The number of hydrogen-bond donors (Lipinski definition) is 1. The van der Waals surface area contributed by atoms with E-state index in [2.05, 4.69) is 10.2 Å². The molecule has 2 rings (SSSR count). The van der Waals surface area contributed by atoms with Gasteiger partial charge in [-0.15, -0.1) is 0 Å². The molecule has 1 N–H and O–H groups in total. The van der Waals surface area contributed by atoms with Crippen LogP contribution in [0.2, 0.25) is 0 Å². The fraction of sp³-hybridized carbons (Fsp3) is 0.556. The van der Waals surface area contributed by atoms with Crippen LogP contribution in [0.25, 0.3) is 0 Å². The Balaban J connectivity index is 1.85. The Morgan fingerprint density at radius 2 is 2.04 bits per heavy atom. The van der Waals surface area contributed by atoms with Crippen LogP contribution in [0, 0.1) is 11.7 Å². The van der Waals surface area contributed by atoms with Gasteiger partial charge in [-0.1, -0.05) is 12.1 Å². The third-order valence-corrected chi connectivity index (χ3v) is 4.56. The molecule has 0 radical (unpaired) electrons. The van der Waals surface area contributed by atoms with Gasteiger partial charge in [0, 0.05) is 26.1 Å². The van der Waals surface area contributed by atoms with E-state index in [1.807, 2.05) is 13.0 Å². The molecule has 1 aromatic rings. The molecule has 6 heteroatoms. The van der Waals surface area contributed by atoms with Crippen molar-refractivity contribution in [1.82, 2.24) is 15.1 Å². The number of rotatable bonds is 6. The van der Waals surface area contributed by atoms with Gasteiger partial charge in [-0.3, -0.25) is 14.5 Å². The third kappa shape index (κ3) is 5.03. The molecule has 0 atom stereocenters. The summed E-state index contributed by atoms with van der Waals surface area (Å²) < 4.78 is 13.3. The summed E-state index contributed by atoms with van der Waals surface area (Å²) in [6.07, 6.45) is 1.56. The molecule has 0 aromatic heterocycles. The Kier molecular flexibility index (Phi) is 6.73. The number of amides is 2. The quantitative estimate of drug-likeness (QED) is 0.860. The predicted molar refractivity (Wildman–Crippen MR) is 90.7 cm³/mol. The molecule has 24 heavy (non-hydrogen) atoms. The summed E-state index contributed by atoms with van der Waals surface area (Å²) in [6, 6.07) is 6.35. The van der Waals surface area contributed by atoms with Gasteiger partial charge in [-0.2, -0.15) is 0 Å². The zero-order valence-electron chi connectivity index (χ0n) is 14.4. The number of halogens is 1. The largest absolute Gasteiger partial charge is 0.359 e. The smallest absolute Gasteiger partial charge is 0.237 e. The molecule has 0 unspecified atom stereocenters. The number of nitrogens with one attached hydrogen (secondary N) is 1. The number of carbonyl (C=O) groups is 2. The van der Waals surface area contributed by atoms with Crippen molar-refractivity contribution in [2.75, 3.05) is 33.2 Å². The van der Waals surface area contributed by atoms with Crippen molar-refractivity contribution in [1.29, 1.82) is 0 Å². The van der Waals surface area contributed by atoms with Gasteiger partial charge >= 0.3 is 0 Å². The van der Waals surface area contributed by atoms with Crippen molar-refractivity contribution in [3.63, 3.8) is 0 Å². The lowest BCUT2D eigenvalue weighted by atomic mass is 9.96. The predicted octanol–water partition coefficient (Wildman–Crippen LogP) is 1.63. The summed E-state index contributed by atoms with van der Waals surface area (Å²) in [5, 5.41) is 2.69. The van der Waals surface area contributed by atoms with Gasteiger partial charge in [0.05, 0.1) is 6.54 Å². The molecular formula is C18H26FN3O2. The average Bonchev–Trinajstić information content (AvgIpc) is 2.59. The van der Waals surface area contributed by atoms with E-state index in [1.165, 1.54) is 12.1 Å². The lowest BCUT2D eigenvalue weighted by Gasteiger charge is -2.32. The van der Waals surface area contributed by atoms with E-state index in [-0.39, 0.29) is 23.5 Å². The molecule has 1 fully saturated rings. The van der Waals surface area contributed by atoms with Gasteiger partial charge in [-0.25, -0.2) is 4.39 Å². The maximum absolute atomic E-state index is 13.3. The molecule has 0 saturated carbocycles. The van der Waals surface area contributed by atoms with Crippen LogP contribution in [0.15, 0.2) is 24.3 Å². The summed E-state index contributed by atoms with van der Waals surface area (Å²) >= 11 is 0. The molecule has 132 valence electrons. The van der Waals surface area contributed by atoms with Crippen LogP contribution in [-0.4, -0.2) is 54.8 Å². The van der Waals surface area contributed by atoms with Gasteiger partial charge < -0.3 is 10.2 Å². The fourth-order valence-electron chi connectivity index (χ4n) is 3.08. The van der Waals surface area contributed by atoms with Gasteiger partial charge in [-0.05, 0) is 50.6 Å². The average molecular weight is 335 g/mol. The monoisotopic (exact) mass is 335 g/mol. The SMILES string of the molecule is CCN(Cc1cccc(F)c1)C(=O)CN1CCC(C(=O)NC)CC1. The van der Waals surface area contributed by atoms with Crippen molar-refractivity contribution < 1.29 is 14.0 Å². The second-order valence-electron chi connectivity index (χ2n) is 6.20. The van der Waals surface area contributed by atoms with E-state index in [0.717, 1.165) is 31.5 Å². The van der Waals surface area contributed by atoms with Crippen LogP contribution in [0.1, 0.15) is 25.3 Å². The minimum atomic E-state index is -0.285. The zero-order valence-corrected chi connectivity index (χ0v) is 14.4. The summed E-state index contributed by atoms with van der Waals surface area (Å²) in [5.41, 5.74) is 0.795. The Morgan fingerprint density at radius 3 is 2.62 bits per heavy atom. The minimum absolute atomic E-state index is 0.0418. The molecule has 1 saturated heterocycles. The highest BCUT2D eigenvalue weighted by atomic mass is 19.1. The van der Waals surface area contributed by atoms with Gasteiger partial charge in [0.1, 0.15) is 5.82 Å². The molecular weight excluding hydrogens is 309 g/mol. The molecule has 0 bridgehead atoms. The topological polar surface area (TPSA) is 52.7 Å². The van der Waals surface area contributed by atoms with Crippen LogP contribution in [0.5, 0.6) is 0 Å². The van der Waals surface area contributed by atoms with Crippen LogP contribution in [0.4, 0.5) is 4.39 Å². The third-order valence-electron chi connectivity index (χ3n) is 4.56. The summed E-state index contributed by atoms with van der Waals surface area (Å²) in [5.74, 6) is -0.106. The van der Waals surface area contributed by atoms with Crippen molar-refractivity contribution >= 4 is 11.8 Å². The lowest BCUT2D eigenvalue weighted by molar-refractivity contribution is -0.133. The standard InChI is InChI=1S/C18H26FN3O2/c1-3-22(12-14-5-4-6-16(19)11-14)17(23)13-21-9-7-15(8-10-21)18(24)20-2/h4-6,11,15H,3,7-10,12-13H2,1-2H3,(H,20,24). The van der Waals surface area contributed by atoms with E-state index in [4.69, 9.17) is 0 Å². The normalized spacial score (nSPS) is 16.0. The first-order valence-corrected chi connectivity index (χ1v) is 8.49. The molecule has 0 aliphatic carbocycles. The first kappa shape index (κ1) is 18.4. The fourth-order valence-corrected chi connectivity index (χ4v) is 3.08. The number of likely N-dealkylation sites (N-methyl/N-ethyl adjacent to an activating group) is 1. The Labute approximate surface area is 142 Å². The molecule has 0 spiro atoms. The Bertz CT molecular complexity index is 571. The van der Waals surface area contributed by atoms with E-state index >= 15 is 0 Å². The van der Waals surface area contributed by atoms with Crippen LogP contribution in [-0.2, 0) is 16.1 Å². The molecule has 1 aliphatic heterocycles. The van der Waals surface area contributed by atoms with Gasteiger partial charge in [0.2, 0.25) is 11.8 Å². The molecule has 5 nitrogen and oxygen atoms in total. The highest BCUT2D eigenvalue weighted by molar-refractivity contribution is 5.79. The van der Waals surface area contributed by atoms with Crippen LogP contribution in [0.3, 0.4) is 0 Å². The van der Waals surface area contributed by atoms with Crippen LogP contribution < -0.4 is 5.32 Å².